The maximum absolute atomic E-state index is 12.7. The van der Waals surface area contributed by atoms with E-state index in [1.54, 1.807) is 22.0 Å². The van der Waals surface area contributed by atoms with Gasteiger partial charge < -0.3 is 10.2 Å². The van der Waals surface area contributed by atoms with Gasteiger partial charge in [-0.25, -0.2) is 0 Å². The number of benzene rings is 1. The van der Waals surface area contributed by atoms with Crippen molar-refractivity contribution in [2.45, 2.75) is 12.5 Å². The molecule has 7 heteroatoms. The summed E-state index contributed by atoms with van der Waals surface area (Å²) in [7, 11) is 1.85. The number of anilines is 2. The van der Waals surface area contributed by atoms with E-state index in [4.69, 9.17) is 0 Å². The first-order valence-electron chi connectivity index (χ1n) is 7.72. The van der Waals surface area contributed by atoms with Gasteiger partial charge in [-0.3, -0.25) is 14.5 Å². The molecule has 0 bridgehead atoms. The Morgan fingerprint density at radius 3 is 3.00 bits per heavy atom. The van der Waals surface area contributed by atoms with Crippen LogP contribution in [0.4, 0.5) is 11.4 Å². The molecule has 2 aromatic heterocycles. The van der Waals surface area contributed by atoms with Crippen molar-refractivity contribution in [2.24, 2.45) is 7.05 Å². The molecule has 1 fully saturated rings. The molecule has 1 atom stereocenters. The SMILES string of the molecule is Cn1cc(N2CCC(Nc3ccnc4cc(Br)ccc34)C2=O)cn1. The highest BCUT2D eigenvalue weighted by atomic mass is 79.9. The van der Waals surface area contributed by atoms with Gasteiger partial charge in [-0.15, -0.1) is 0 Å². The van der Waals surface area contributed by atoms with Gasteiger partial charge >= 0.3 is 0 Å². The van der Waals surface area contributed by atoms with Gasteiger partial charge in [-0.05, 0) is 30.7 Å². The summed E-state index contributed by atoms with van der Waals surface area (Å²) in [5, 5.41) is 8.54. The second kappa shape index (κ2) is 5.90. The molecule has 122 valence electrons. The highest BCUT2D eigenvalue weighted by Crippen LogP contribution is 2.28. The molecule has 1 aliphatic heterocycles. The topological polar surface area (TPSA) is 63.1 Å². The molecule has 0 aliphatic carbocycles. The predicted molar refractivity (Wildman–Crippen MR) is 97.0 cm³/mol. The van der Waals surface area contributed by atoms with Crippen molar-refractivity contribution in [2.75, 3.05) is 16.8 Å². The summed E-state index contributed by atoms with van der Waals surface area (Å²) in [6.45, 7) is 0.691. The van der Waals surface area contributed by atoms with Crippen LogP contribution in [0.3, 0.4) is 0 Å². The van der Waals surface area contributed by atoms with Crippen molar-refractivity contribution < 1.29 is 4.79 Å². The summed E-state index contributed by atoms with van der Waals surface area (Å²) in [6, 6.07) is 7.63. The van der Waals surface area contributed by atoms with E-state index in [0.717, 1.165) is 33.2 Å². The van der Waals surface area contributed by atoms with E-state index >= 15 is 0 Å². The highest BCUT2D eigenvalue weighted by molar-refractivity contribution is 9.10. The Labute approximate surface area is 147 Å². The lowest BCUT2D eigenvalue weighted by Crippen LogP contribution is -2.33. The van der Waals surface area contributed by atoms with Gasteiger partial charge in [0.25, 0.3) is 0 Å². The first kappa shape index (κ1) is 15.1. The van der Waals surface area contributed by atoms with Crippen molar-refractivity contribution in [1.82, 2.24) is 14.8 Å². The molecule has 1 unspecified atom stereocenters. The third-order valence-corrected chi connectivity index (χ3v) is 4.74. The molecule has 0 saturated carbocycles. The van der Waals surface area contributed by atoms with Crippen LogP contribution in [0.2, 0.25) is 0 Å². The minimum Gasteiger partial charge on any atom is -0.373 e. The summed E-state index contributed by atoms with van der Waals surface area (Å²) in [4.78, 5) is 18.9. The highest BCUT2D eigenvalue weighted by Gasteiger charge is 2.33. The lowest BCUT2D eigenvalue weighted by atomic mass is 10.1. The van der Waals surface area contributed by atoms with E-state index in [1.165, 1.54) is 0 Å². The predicted octanol–water partition coefficient (Wildman–Crippen LogP) is 2.95. The monoisotopic (exact) mass is 385 g/mol. The molecular formula is C17H16BrN5O. The Morgan fingerprint density at radius 1 is 1.33 bits per heavy atom. The van der Waals surface area contributed by atoms with Crippen LogP contribution in [0.15, 0.2) is 47.3 Å². The van der Waals surface area contributed by atoms with Crippen LogP contribution < -0.4 is 10.2 Å². The molecule has 3 heterocycles. The van der Waals surface area contributed by atoms with Crippen molar-refractivity contribution in [3.63, 3.8) is 0 Å². The lowest BCUT2D eigenvalue weighted by molar-refractivity contribution is -0.117. The number of amides is 1. The van der Waals surface area contributed by atoms with Gasteiger partial charge in [-0.2, -0.15) is 5.10 Å². The van der Waals surface area contributed by atoms with E-state index in [-0.39, 0.29) is 11.9 Å². The molecule has 4 rings (SSSR count). The fraction of sp³-hybridized carbons (Fsp3) is 0.235. The fourth-order valence-electron chi connectivity index (χ4n) is 3.05. The summed E-state index contributed by atoms with van der Waals surface area (Å²) >= 11 is 3.46. The molecule has 1 aliphatic rings. The summed E-state index contributed by atoms with van der Waals surface area (Å²) in [5.41, 5.74) is 2.66. The summed E-state index contributed by atoms with van der Waals surface area (Å²) < 4.78 is 2.69. The van der Waals surface area contributed by atoms with E-state index in [2.05, 4.69) is 31.3 Å². The number of aromatic nitrogens is 3. The molecule has 0 spiro atoms. The van der Waals surface area contributed by atoms with Crippen LogP contribution >= 0.6 is 15.9 Å². The fourth-order valence-corrected chi connectivity index (χ4v) is 3.40. The van der Waals surface area contributed by atoms with Crippen LogP contribution in [0, 0.1) is 0 Å². The molecule has 1 saturated heterocycles. The zero-order chi connectivity index (χ0) is 16.7. The van der Waals surface area contributed by atoms with Crippen molar-refractivity contribution in [3.05, 3.63) is 47.3 Å². The quantitative estimate of drug-likeness (QED) is 0.752. The number of hydrogen-bond donors (Lipinski definition) is 1. The number of nitrogens with one attached hydrogen (secondary N) is 1. The first-order valence-corrected chi connectivity index (χ1v) is 8.52. The second-order valence-electron chi connectivity index (χ2n) is 5.87. The van der Waals surface area contributed by atoms with Crippen LogP contribution in [-0.4, -0.2) is 33.3 Å². The average Bonchev–Trinajstić information content (AvgIpc) is 3.14. The van der Waals surface area contributed by atoms with E-state index in [9.17, 15) is 4.79 Å². The number of carbonyl (C=O) groups is 1. The van der Waals surface area contributed by atoms with Crippen LogP contribution in [-0.2, 0) is 11.8 Å². The van der Waals surface area contributed by atoms with Crippen molar-refractivity contribution >= 4 is 44.1 Å². The largest absolute Gasteiger partial charge is 0.373 e. The summed E-state index contributed by atoms with van der Waals surface area (Å²) in [5.74, 6) is 0.0741. The molecule has 1 amide bonds. The van der Waals surface area contributed by atoms with Gasteiger partial charge in [0, 0.05) is 41.5 Å². The van der Waals surface area contributed by atoms with Crippen LogP contribution in [0.5, 0.6) is 0 Å². The maximum Gasteiger partial charge on any atom is 0.249 e. The summed E-state index contributed by atoms with van der Waals surface area (Å²) in [6.07, 6.45) is 6.10. The van der Waals surface area contributed by atoms with Gasteiger partial charge in [0.15, 0.2) is 0 Å². The molecule has 1 N–H and O–H groups in total. The van der Waals surface area contributed by atoms with Crippen LogP contribution in [0.1, 0.15) is 6.42 Å². The van der Waals surface area contributed by atoms with E-state index < -0.39 is 0 Å². The number of carbonyl (C=O) groups excluding carboxylic acids is 1. The second-order valence-corrected chi connectivity index (χ2v) is 6.78. The first-order chi connectivity index (χ1) is 11.6. The van der Waals surface area contributed by atoms with Gasteiger partial charge in [0.05, 0.1) is 17.4 Å². The van der Waals surface area contributed by atoms with Gasteiger partial charge in [0.2, 0.25) is 5.91 Å². The Kier molecular flexibility index (Phi) is 3.72. The van der Waals surface area contributed by atoms with Crippen molar-refractivity contribution in [3.8, 4) is 0 Å². The van der Waals surface area contributed by atoms with E-state index in [0.29, 0.717) is 6.54 Å². The minimum atomic E-state index is -0.237. The number of nitrogens with zero attached hydrogens (tertiary/aromatic N) is 4. The normalized spacial score (nSPS) is 17.7. The number of rotatable bonds is 3. The molecule has 0 radical (unpaired) electrons. The molecule has 3 aromatic rings. The third kappa shape index (κ3) is 2.65. The number of pyridine rings is 1. The Balaban J connectivity index is 1.59. The standard InChI is InChI=1S/C17H16BrN5O/c1-22-10-12(9-20-22)23-7-5-15(17(23)24)21-14-4-6-19-16-8-11(18)2-3-13(14)16/h2-4,6,8-10,15H,5,7H2,1H3,(H,19,21). The Bertz CT molecular complexity index is 922. The van der Waals surface area contributed by atoms with Crippen LogP contribution in [0.25, 0.3) is 10.9 Å². The van der Waals surface area contributed by atoms with Gasteiger partial charge in [-0.1, -0.05) is 15.9 Å². The lowest BCUT2D eigenvalue weighted by Gasteiger charge is -2.17. The molecule has 6 nitrogen and oxygen atoms in total. The average molecular weight is 386 g/mol. The maximum atomic E-state index is 12.7. The molecular weight excluding hydrogens is 370 g/mol. The minimum absolute atomic E-state index is 0.0741. The zero-order valence-corrected chi connectivity index (χ0v) is 14.7. The van der Waals surface area contributed by atoms with E-state index in [1.807, 2.05) is 37.5 Å². The number of hydrogen-bond acceptors (Lipinski definition) is 4. The molecule has 1 aromatic carbocycles. The van der Waals surface area contributed by atoms with Gasteiger partial charge in [0.1, 0.15) is 6.04 Å². The number of fused-ring (bicyclic) bond motifs is 1. The zero-order valence-electron chi connectivity index (χ0n) is 13.1. The smallest absolute Gasteiger partial charge is 0.249 e. The third-order valence-electron chi connectivity index (χ3n) is 4.24. The number of halogens is 1. The Morgan fingerprint density at radius 2 is 2.21 bits per heavy atom. The molecule has 24 heavy (non-hydrogen) atoms. The van der Waals surface area contributed by atoms with Crippen molar-refractivity contribution in [1.29, 1.82) is 0 Å². The Hall–Kier alpha value is -2.41. The number of aryl methyl sites for hydroxylation is 1.